The Labute approximate surface area is 105 Å². The van der Waals surface area contributed by atoms with Crippen molar-refractivity contribution in [2.75, 3.05) is 4.90 Å². The molecule has 0 aliphatic carbocycles. The molecule has 1 aromatic heterocycles. The number of nitrogens with zero attached hydrogens (tertiary/aromatic N) is 3. The molecule has 4 heteroatoms. The van der Waals surface area contributed by atoms with Crippen molar-refractivity contribution in [1.82, 2.24) is 9.97 Å². The monoisotopic (exact) mass is 283 g/mol. The molecule has 0 radical (unpaired) electrons. The molecule has 2 unspecified atom stereocenters. The third kappa shape index (κ3) is 2.21. The fourth-order valence-corrected chi connectivity index (χ4v) is 2.67. The minimum atomic E-state index is 0.569. The van der Waals surface area contributed by atoms with Gasteiger partial charge in [-0.15, -0.1) is 0 Å². The highest BCUT2D eigenvalue weighted by Gasteiger charge is 2.30. The van der Waals surface area contributed by atoms with E-state index < -0.39 is 0 Å². The van der Waals surface area contributed by atoms with Crippen LogP contribution in [0.2, 0.25) is 0 Å². The topological polar surface area (TPSA) is 29.0 Å². The number of halogens is 1. The molecule has 1 aliphatic heterocycles. The lowest BCUT2D eigenvalue weighted by Crippen LogP contribution is -2.35. The van der Waals surface area contributed by atoms with E-state index in [2.05, 4.69) is 44.6 Å². The Hall–Kier alpha value is -0.640. The summed E-state index contributed by atoms with van der Waals surface area (Å²) in [5.74, 6) is 0.890. The molecular weight excluding hydrogens is 266 g/mol. The van der Waals surface area contributed by atoms with Crippen LogP contribution in [0.15, 0.2) is 12.4 Å². The van der Waals surface area contributed by atoms with Crippen LogP contribution in [0.5, 0.6) is 0 Å². The SMILES string of the molecule is CCC1CCC(C)N1c1ncc(CBr)cn1. The standard InChI is InChI=1S/C12H18BrN3/c1-3-11-5-4-9(2)16(11)12-14-7-10(6-13)8-15-12/h7-9,11H,3-6H2,1-2H3. The lowest BCUT2D eigenvalue weighted by atomic mass is 10.2. The number of hydrogen-bond acceptors (Lipinski definition) is 3. The number of aromatic nitrogens is 2. The maximum absolute atomic E-state index is 4.46. The second kappa shape index (κ2) is 5.13. The molecule has 2 rings (SSSR count). The van der Waals surface area contributed by atoms with Gasteiger partial charge in [-0.2, -0.15) is 0 Å². The van der Waals surface area contributed by atoms with Crippen molar-refractivity contribution in [1.29, 1.82) is 0 Å². The van der Waals surface area contributed by atoms with Gasteiger partial charge in [-0.3, -0.25) is 0 Å². The Bertz CT molecular complexity index is 339. The first-order chi connectivity index (χ1) is 7.76. The predicted molar refractivity (Wildman–Crippen MR) is 69.9 cm³/mol. The molecule has 16 heavy (non-hydrogen) atoms. The first-order valence-corrected chi connectivity index (χ1v) is 7.03. The number of rotatable bonds is 3. The quantitative estimate of drug-likeness (QED) is 0.798. The van der Waals surface area contributed by atoms with E-state index in [-0.39, 0.29) is 0 Å². The largest absolute Gasteiger partial charge is 0.335 e. The fourth-order valence-electron chi connectivity index (χ4n) is 2.38. The lowest BCUT2D eigenvalue weighted by Gasteiger charge is -2.27. The molecule has 3 nitrogen and oxygen atoms in total. The molecule has 0 N–H and O–H groups in total. The summed E-state index contributed by atoms with van der Waals surface area (Å²) in [7, 11) is 0. The van der Waals surface area contributed by atoms with Crippen molar-refractivity contribution in [3.63, 3.8) is 0 Å². The first-order valence-electron chi connectivity index (χ1n) is 5.91. The Morgan fingerprint density at radius 1 is 1.38 bits per heavy atom. The molecule has 0 saturated carbocycles. The van der Waals surface area contributed by atoms with E-state index in [9.17, 15) is 0 Å². The van der Waals surface area contributed by atoms with Gasteiger partial charge in [0.1, 0.15) is 0 Å². The average molecular weight is 284 g/mol. The normalized spacial score (nSPS) is 25.1. The second-order valence-electron chi connectivity index (χ2n) is 4.42. The highest BCUT2D eigenvalue weighted by Crippen LogP contribution is 2.29. The highest BCUT2D eigenvalue weighted by molar-refractivity contribution is 9.08. The second-order valence-corrected chi connectivity index (χ2v) is 4.98. The number of hydrogen-bond donors (Lipinski definition) is 0. The molecule has 88 valence electrons. The van der Waals surface area contributed by atoms with E-state index in [1.807, 2.05) is 12.4 Å². The Kier molecular flexibility index (Phi) is 3.79. The van der Waals surface area contributed by atoms with Crippen molar-refractivity contribution in [3.8, 4) is 0 Å². The Morgan fingerprint density at radius 3 is 2.62 bits per heavy atom. The molecular formula is C12H18BrN3. The minimum Gasteiger partial charge on any atom is -0.335 e. The molecule has 1 fully saturated rings. The van der Waals surface area contributed by atoms with Crippen molar-refractivity contribution in [2.24, 2.45) is 0 Å². The van der Waals surface area contributed by atoms with Crippen LogP contribution < -0.4 is 4.90 Å². The molecule has 0 aromatic carbocycles. The van der Waals surface area contributed by atoms with Crippen LogP contribution in [0.3, 0.4) is 0 Å². The fraction of sp³-hybridized carbons (Fsp3) is 0.667. The van der Waals surface area contributed by atoms with Gasteiger partial charge in [0.05, 0.1) is 0 Å². The molecule has 1 aromatic rings. The van der Waals surface area contributed by atoms with E-state index in [1.54, 1.807) is 0 Å². The van der Waals surface area contributed by atoms with Crippen LogP contribution in [0.25, 0.3) is 0 Å². The van der Waals surface area contributed by atoms with Crippen LogP contribution in [0.1, 0.15) is 38.7 Å². The molecule has 1 aliphatic rings. The van der Waals surface area contributed by atoms with Crippen molar-refractivity contribution < 1.29 is 0 Å². The third-order valence-electron chi connectivity index (χ3n) is 3.33. The number of alkyl halides is 1. The van der Waals surface area contributed by atoms with Gasteiger partial charge < -0.3 is 4.90 Å². The van der Waals surface area contributed by atoms with Crippen LogP contribution in [-0.4, -0.2) is 22.1 Å². The zero-order chi connectivity index (χ0) is 11.5. The molecule has 0 amide bonds. The van der Waals surface area contributed by atoms with Crippen LogP contribution in [0.4, 0.5) is 5.95 Å². The van der Waals surface area contributed by atoms with Gasteiger partial charge in [0.2, 0.25) is 5.95 Å². The lowest BCUT2D eigenvalue weighted by molar-refractivity contribution is 0.612. The smallest absolute Gasteiger partial charge is 0.225 e. The van der Waals surface area contributed by atoms with Gasteiger partial charge in [0.25, 0.3) is 0 Å². The van der Waals surface area contributed by atoms with Crippen LogP contribution in [0, 0.1) is 0 Å². The summed E-state index contributed by atoms with van der Waals surface area (Å²) < 4.78 is 0. The average Bonchev–Trinajstić information content (AvgIpc) is 2.70. The van der Waals surface area contributed by atoms with Crippen molar-refractivity contribution >= 4 is 21.9 Å². The summed E-state index contributed by atoms with van der Waals surface area (Å²) >= 11 is 3.41. The zero-order valence-electron chi connectivity index (χ0n) is 9.86. The van der Waals surface area contributed by atoms with Gasteiger partial charge in [-0.25, -0.2) is 9.97 Å². The summed E-state index contributed by atoms with van der Waals surface area (Å²) in [5, 5.41) is 0.819. The van der Waals surface area contributed by atoms with E-state index in [0.29, 0.717) is 12.1 Å². The van der Waals surface area contributed by atoms with E-state index in [0.717, 1.165) is 16.8 Å². The van der Waals surface area contributed by atoms with Crippen molar-refractivity contribution in [3.05, 3.63) is 18.0 Å². The maximum Gasteiger partial charge on any atom is 0.225 e. The molecule has 0 spiro atoms. The van der Waals surface area contributed by atoms with E-state index >= 15 is 0 Å². The summed E-state index contributed by atoms with van der Waals surface area (Å²) in [4.78, 5) is 11.3. The summed E-state index contributed by atoms with van der Waals surface area (Å²) in [6.07, 6.45) is 7.51. The van der Waals surface area contributed by atoms with Gasteiger partial charge in [-0.1, -0.05) is 22.9 Å². The number of anilines is 1. The minimum absolute atomic E-state index is 0.569. The maximum atomic E-state index is 4.46. The highest BCUT2D eigenvalue weighted by atomic mass is 79.9. The summed E-state index contributed by atoms with van der Waals surface area (Å²) in [6, 6.07) is 1.18. The molecule has 0 bridgehead atoms. The van der Waals surface area contributed by atoms with Crippen LogP contribution >= 0.6 is 15.9 Å². The predicted octanol–water partition coefficient (Wildman–Crippen LogP) is 3.14. The van der Waals surface area contributed by atoms with E-state index in [1.165, 1.54) is 19.3 Å². The summed E-state index contributed by atoms with van der Waals surface area (Å²) in [6.45, 7) is 4.50. The molecule has 2 heterocycles. The Balaban J connectivity index is 2.21. The molecule has 2 atom stereocenters. The van der Waals surface area contributed by atoms with E-state index in [4.69, 9.17) is 0 Å². The van der Waals surface area contributed by atoms with Crippen molar-refractivity contribution in [2.45, 2.75) is 50.5 Å². The Morgan fingerprint density at radius 2 is 2.06 bits per heavy atom. The zero-order valence-corrected chi connectivity index (χ0v) is 11.4. The van der Waals surface area contributed by atoms with Crippen LogP contribution in [-0.2, 0) is 5.33 Å². The molecule has 1 saturated heterocycles. The van der Waals surface area contributed by atoms with Gasteiger partial charge >= 0.3 is 0 Å². The third-order valence-corrected chi connectivity index (χ3v) is 3.98. The van der Waals surface area contributed by atoms with Gasteiger partial charge in [0, 0.05) is 29.8 Å². The van der Waals surface area contributed by atoms with Gasteiger partial charge in [0.15, 0.2) is 0 Å². The first kappa shape index (κ1) is 11.8. The van der Waals surface area contributed by atoms with Gasteiger partial charge in [-0.05, 0) is 31.7 Å². The summed E-state index contributed by atoms with van der Waals surface area (Å²) in [5.41, 5.74) is 1.13.